The third kappa shape index (κ3) is 5.73. The fourth-order valence-electron chi connectivity index (χ4n) is 1.02. The molecule has 0 aliphatic rings. The number of amides is 3. The number of hydrogen-bond donors (Lipinski definition) is 2. The van der Waals surface area contributed by atoms with Gasteiger partial charge in [-0.1, -0.05) is 0 Å². The van der Waals surface area contributed by atoms with E-state index in [4.69, 9.17) is 5.73 Å². The molecule has 0 unspecified atom stereocenters. The van der Waals surface area contributed by atoms with Gasteiger partial charge in [-0.2, -0.15) is 4.73 Å². The van der Waals surface area contributed by atoms with E-state index in [0.717, 1.165) is 11.8 Å². The van der Waals surface area contributed by atoms with Gasteiger partial charge in [-0.3, -0.25) is 14.9 Å². The Hall–Kier alpha value is -2.29. The van der Waals surface area contributed by atoms with E-state index in [9.17, 15) is 19.6 Å². The molecular formula is C10H11N3O5S. The van der Waals surface area contributed by atoms with Crippen LogP contribution in [0.15, 0.2) is 29.4 Å². The maximum absolute atomic E-state index is 11.3. The van der Waals surface area contributed by atoms with Gasteiger partial charge in [0, 0.05) is 12.1 Å². The molecular weight excluding hydrogens is 274 g/mol. The molecule has 9 heteroatoms. The van der Waals surface area contributed by atoms with E-state index in [1.807, 2.05) is 0 Å². The van der Waals surface area contributed by atoms with Gasteiger partial charge in [-0.15, -0.1) is 0 Å². The highest BCUT2D eigenvalue weighted by Gasteiger charge is 2.12. The van der Waals surface area contributed by atoms with Gasteiger partial charge in [-0.25, -0.2) is 4.79 Å². The number of carbonyl (C=O) groups is 3. The Morgan fingerprint density at radius 2 is 2.16 bits per heavy atom. The van der Waals surface area contributed by atoms with Crippen molar-refractivity contribution in [3.63, 3.8) is 0 Å². The normalized spacial score (nSPS) is 9.68. The fourth-order valence-corrected chi connectivity index (χ4v) is 1.73. The minimum absolute atomic E-state index is 0.129. The molecule has 0 aromatic carbocycles. The average Bonchev–Trinajstić information content (AvgIpc) is 2.34. The average molecular weight is 285 g/mol. The molecule has 1 heterocycles. The van der Waals surface area contributed by atoms with Gasteiger partial charge in [0.1, 0.15) is 5.75 Å². The quantitative estimate of drug-likeness (QED) is 0.314. The summed E-state index contributed by atoms with van der Waals surface area (Å²) < 4.78 is 5.18. The number of carbonyl (C=O) groups excluding carboxylic acids is 3. The van der Waals surface area contributed by atoms with E-state index in [-0.39, 0.29) is 5.75 Å². The molecule has 0 aliphatic heterocycles. The summed E-state index contributed by atoms with van der Waals surface area (Å²) in [4.78, 5) is 32.5. The van der Waals surface area contributed by atoms with E-state index in [2.05, 4.69) is 4.74 Å². The van der Waals surface area contributed by atoms with Crippen LogP contribution in [0.2, 0.25) is 0 Å². The van der Waals surface area contributed by atoms with E-state index < -0.39 is 24.5 Å². The van der Waals surface area contributed by atoms with Gasteiger partial charge in [0.15, 0.2) is 12.8 Å². The zero-order chi connectivity index (χ0) is 14.3. The van der Waals surface area contributed by atoms with Crippen molar-refractivity contribution in [3.8, 4) is 0 Å². The Morgan fingerprint density at radius 3 is 2.79 bits per heavy atom. The molecule has 0 aliphatic carbocycles. The number of thioether (sulfide) groups is 1. The molecule has 19 heavy (non-hydrogen) atoms. The Kier molecular flexibility index (Phi) is 5.61. The number of esters is 1. The lowest BCUT2D eigenvalue weighted by Gasteiger charge is -2.04. The monoisotopic (exact) mass is 285 g/mol. The number of ether oxygens (including phenoxy) is 1. The predicted molar refractivity (Wildman–Crippen MR) is 64.8 cm³/mol. The van der Waals surface area contributed by atoms with Crippen molar-refractivity contribution in [2.75, 3.05) is 12.4 Å². The van der Waals surface area contributed by atoms with Crippen LogP contribution in [0, 0.1) is 5.21 Å². The van der Waals surface area contributed by atoms with Gasteiger partial charge in [0.05, 0.1) is 0 Å². The number of nitrogens with zero attached hydrogens (tertiary/aromatic N) is 1. The second-order valence-electron chi connectivity index (χ2n) is 3.23. The maximum Gasteiger partial charge on any atom is 0.318 e. The first-order chi connectivity index (χ1) is 8.99. The zero-order valence-electron chi connectivity index (χ0n) is 9.70. The smallest absolute Gasteiger partial charge is 0.318 e. The van der Waals surface area contributed by atoms with Crippen LogP contribution >= 0.6 is 11.8 Å². The summed E-state index contributed by atoms with van der Waals surface area (Å²) in [6, 6.07) is 3.74. The minimum Gasteiger partial charge on any atom is -0.618 e. The highest BCUT2D eigenvalue weighted by Crippen LogP contribution is 2.12. The van der Waals surface area contributed by atoms with Crippen LogP contribution in [0.5, 0.6) is 0 Å². The molecule has 1 aromatic rings. The number of nitrogens with one attached hydrogen (secondary N) is 1. The number of hydrogen-bond acceptors (Lipinski definition) is 6. The Labute approximate surface area is 112 Å². The third-order valence-corrected chi connectivity index (χ3v) is 2.75. The van der Waals surface area contributed by atoms with Crippen molar-refractivity contribution in [2.45, 2.75) is 5.03 Å². The van der Waals surface area contributed by atoms with Gasteiger partial charge in [0.2, 0.25) is 0 Å². The third-order valence-electron chi connectivity index (χ3n) is 1.75. The molecule has 3 N–H and O–H groups in total. The van der Waals surface area contributed by atoms with Gasteiger partial charge < -0.3 is 15.7 Å². The number of nitrogens with two attached hydrogens (primary N) is 1. The lowest BCUT2D eigenvalue weighted by Crippen LogP contribution is -2.38. The van der Waals surface area contributed by atoms with Crippen LogP contribution in [-0.2, 0) is 14.3 Å². The van der Waals surface area contributed by atoms with Gasteiger partial charge in [-0.05, 0) is 17.8 Å². The fraction of sp³-hybridized carbons (Fsp3) is 0.200. The summed E-state index contributed by atoms with van der Waals surface area (Å²) in [6.45, 7) is -0.603. The summed E-state index contributed by atoms with van der Waals surface area (Å²) >= 11 is 0.973. The van der Waals surface area contributed by atoms with Gasteiger partial charge in [0.25, 0.3) is 10.9 Å². The van der Waals surface area contributed by atoms with Crippen molar-refractivity contribution in [3.05, 3.63) is 29.6 Å². The highest BCUT2D eigenvalue weighted by atomic mass is 32.2. The largest absolute Gasteiger partial charge is 0.618 e. The minimum atomic E-state index is -1.02. The first-order valence-electron chi connectivity index (χ1n) is 5.05. The van der Waals surface area contributed by atoms with Crippen LogP contribution in [0.4, 0.5) is 4.79 Å². The zero-order valence-corrected chi connectivity index (χ0v) is 10.5. The van der Waals surface area contributed by atoms with Crippen molar-refractivity contribution in [2.24, 2.45) is 5.73 Å². The van der Waals surface area contributed by atoms with Crippen LogP contribution in [0.25, 0.3) is 0 Å². The Morgan fingerprint density at radius 1 is 1.42 bits per heavy atom. The number of imide groups is 1. The first kappa shape index (κ1) is 14.8. The molecule has 0 atom stereocenters. The number of urea groups is 1. The van der Waals surface area contributed by atoms with E-state index in [0.29, 0.717) is 9.76 Å². The maximum atomic E-state index is 11.3. The topological polar surface area (TPSA) is 125 Å². The number of rotatable bonds is 5. The summed E-state index contributed by atoms with van der Waals surface area (Å²) in [5, 5.41) is 13.3. The van der Waals surface area contributed by atoms with E-state index in [1.54, 1.807) is 23.5 Å². The second-order valence-corrected chi connectivity index (χ2v) is 4.22. The van der Waals surface area contributed by atoms with Crippen molar-refractivity contribution in [1.29, 1.82) is 0 Å². The highest BCUT2D eigenvalue weighted by molar-refractivity contribution is 7.99. The number of primary amides is 1. The number of pyridine rings is 1. The molecule has 0 saturated carbocycles. The summed E-state index contributed by atoms with van der Waals surface area (Å²) in [7, 11) is 0. The van der Waals surface area contributed by atoms with Crippen LogP contribution in [0.3, 0.4) is 0 Å². The van der Waals surface area contributed by atoms with Crippen molar-refractivity contribution in [1.82, 2.24) is 5.32 Å². The second kappa shape index (κ2) is 7.21. The summed E-state index contributed by atoms with van der Waals surface area (Å²) in [5.74, 6) is -1.63. The summed E-state index contributed by atoms with van der Waals surface area (Å²) in [6.07, 6.45) is 1.30. The predicted octanol–water partition coefficient (Wildman–Crippen LogP) is -0.850. The standard InChI is InChI=1S/C10H11N3O5S/c11-10(16)12-7(14)5-18-9(15)6-19-8-3-1-2-4-13(8)17/h1-4H,5-6H2,(H3,11,12,14,16). The number of aromatic nitrogens is 1. The van der Waals surface area contributed by atoms with Crippen LogP contribution in [0.1, 0.15) is 0 Å². The lowest BCUT2D eigenvalue weighted by atomic mass is 10.5. The lowest BCUT2D eigenvalue weighted by molar-refractivity contribution is -0.645. The molecule has 8 nitrogen and oxygen atoms in total. The molecule has 102 valence electrons. The Balaban J connectivity index is 2.31. The molecule has 0 radical (unpaired) electrons. The molecule has 0 bridgehead atoms. The van der Waals surface area contributed by atoms with Crippen molar-refractivity contribution < 1.29 is 23.9 Å². The van der Waals surface area contributed by atoms with E-state index >= 15 is 0 Å². The SMILES string of the molecule is NC(=O)NC(=O)COC(=O)CSc1cccc[n+]1[O-]. The molecule has 3 amide bonds. The molecule has 0 saturated heterocycles. The summed E-state index contributed by atoms with van der Waals surface area (Å²) in [5.41, 5.74) is 4.70. The van der Waals surface area contributed by atoms with Crippen molar-refractivity contribution >= 4 is 29.7 Å². The molecule has 1 aromatic heterocycles. The molecule has 1 rings (SSSR count). The Bertz CT molecular complexity index is 494. The van der Waals surface area contributed by atoms with Crippen LogP contribution < -0.4 is 15.8 Å². The molecule has 0 fully saturated rings. The van der Waals surface area contributed by atoms with Crippen LogP contribution in [-0.4, -0.2) is 30.3 Å². The first-order valence-corrected chi connectivity index (χ1v) is 6.03. The van der Waals surface area contributed by atoms with E-state index in [1.165, 1.54) is 6.20 Å². The molecule has 0 spiro atoms. The van der Waals surface area contributed by atoms with Gasteiger partial charge >= 0.3 is 12.0 Å².